The Morgan fingerprint density at radius 2 is 2.00 bits per heavy atom. The Hall–Kier alpha value is -2.00. The van der Waals surface area contributed by atoms with Gasteiger partial charge in [0.05, 0.1) is 4.90 Å². The maximum Gasteiger partial charge on any atom is 0.240 e. The van der Waals surface area contributed by atoms with Gasteiger partial charge < -0.3 is 5.32 Å². The molecule has 26 heavy (non-hydrogen) atoms. The number of hydrogen-bond acceptors (Lipinski definition) is 5. The number of hydrogen-bond donors (Lipinski definition) is 3. The van der Waals surface area contributed by atoms with E-state index in [2.05, 4.69) is 25.2 Å². The molecule has 0 fully saturated rings. The zero-order valence-electron chi connectivity index (χ0n) is 14.3. The van der Waals surface area contributed by atoms with Crippen molar-refractivity contribution in [2.75, 3.05) is 13.1 Å². The fourth-order valence-electron chi connectivity index (χ4n) is 2.57. The monoisotopic (exact) mass is 395 g/mol. The summed E-state index contributed by atoms with van der Waals surface area (Å²) >= 11 is 0. The van der Waals surface area contributed by atoms with E-state index in [0.717, 1.165) is 29.4 Å². The summed E-state index contributed by atoms with van der Waals surface area (Å²) in [6, 6.07) is 8.53. The Balaban J connectivity index is 0.00000243. The number of aromatic amines is 1. The highest BCUT2D eigenvalue weighted by atomic mass is 35.5. The molecule has 0 saturated carbocycles. The second-order valence-electron chi connectivity index (χ2n) is 5.94. The molecule has 1 unspecified atom stereocenters. The second kappa shape index (κ2) is 9.09. The van der Waals surface area contributed by atoms with Gasteiger partial charge in [0.25, 0.3) is 0 Å². The van der Waals surface area contributed by atoms with Crippen LogP contribution in [0.15, 0.2) is 53.8 Å². The molecular weight excluding hydrogens is 374 g/mol. The summed E-state index contributed by atoms with van der Waals surface area (Å²) in [6.07, 6.45) is 5.90. The van der Waals surface area contributed by atoms with Crippen molar-refractivity contribution < 1.29 is 8.42 Å². The van der Waals surface area contributed by atoms with Crippen LogP contribution in [-0.4, -0.2) is 42.7 Å². The minimum Gasteiger partial charge on any atom is -0.315 e. The van der Waals surface area contributed by atoms with Crippen molar-refractivity contribution in [3.63, 3.8) is 0 Å². The van der Waals surface area contributed by atoms with Gasteiger partial charge in [0.1, 0.15) is 0 Å². The molecule has 2 aromatic heterocycles. The molecule has 9 heteroatoms. The Morgan fingerprint density at radius 1 is 1.15 bits per heavy atom. The molecule has 0 amide bonds. The van der Waals surface area contributed by atoms with Crippen LogP contribution >= 0.6 is 12.4 Å². The first-order valence-corrected chi connectivity index (χ1v) is 9.58. The van der Waals surface area contributed by atoms with Crippen molar-refractivity contribution in [3.8, 4) is 0 Å². The predicted molar refractivity (Wildman–Crippen MR) is 104 cm³/mol. The van der Waals surface area contributed by atoms with Crippen LogP contribution in [0, 0.1) is 0 Å². The number of benzene rings is 1. The number of sulfonamides is 1. The van der Waals surface area contributed by atoms with Gasteiger partial charge in [-0.2, -0.15) is 5.10 Å². The van der Waals surface area contributed by atoms with Gasteiger partial charge in [-0.3, -0.25) is 10.1 Å². The summed E-state index contributed by atoms with van der Waals surface area (Å²) in [4.78, 5) is 4.29. The first-order valence-electron chi connectivity index (χ1n) is 8.10. The molecule has 1 atom stereocenters. The highest BCUT2D eigenvalue weighted by Gasteiger charge is 2.17. The van der Waals surface area contributed by atoms with Crippen LogP contribution in [0.25, 0.3) is 10.8 Å². The van der Waals surface area contributed by atoms with E-state index >= 15 is 0 Å². The predicted octanol–water partition coefficient (Wildman–Crippen LogP) is 1.88. The molecule has 140 valence electrons. The van der Waals surface area contributed by atoms with Crippen molar-refractivity contribution in [1.82, 2.24) is 25.2 Å². The number of fused-ring (bicyclic) bond motifs is 1. The molecule has 3 rings (SSSR count). The molecule has 0 spiro atoms. The van der Waals surface area contributed by atoms with E-state index in [0.29, 0.717) is 6.54 Å². The third-order valence-electron chi connectivity index (χ3n) is 3.86. The maximum atomic E-state index is 12.5. The molecule has 0 bridgehead atoms. The van der Waals surface area contributed by atoms with Gasteiger partial charge in [0, 0.05) is 55.2 Å². The van der Waals surface area contributed by atoms with E-state index in [1.54, 1.807) is 42.9 Å². The lowest BCUT2D eigenvalue weighted by Crippen LogP contribution is -2.40. The van der Waals surface area contributed by atoms with Gasteiger partial charge in [-0.15, -0.1) is 12.4 Å². The Bertz CT molecular complexity index is 931. The van der Waals surface area contributed by atoms with E-state index in [9.17, 15) is 8.42 Å². The molecule has 0 saturated heterocycles. The number of H-pyrrole nitrogens is 1. The molecule has 0 aliphatic rings. The number of nitrogens with zero attached hydrogens (tertiary/aromatic N) is 2. The molecule has 0 aliphatic heterocycles. The number of halogens is 1. The van der Waals surface area contributed by atoms with Gasteiger partial charge in [-0.05, 0) is 36.6 Å². The first kappa shape index (κ1) is 20.3. The zero-order chi connectivity index (χ0) is 17.7. The van der Waals surface area contributed by atoms with E-state index < -0.39 is 10.0 Å². The van der Waals surface area contributed by atoms with Crippen LogP contribution in [0.1, 0.15) is 12.6 Å². The van der Waals surface area contributed by atoms with Crippen molar-refractivity contribution in [1.29, 1.82) is 0 Å². The lowest BCUT2D eigenvalue weighted by molar-refractivity contribution is 0.536. The van der Waals surface area contributed by atoms with Crippen molar-refractivity contribution >= 4 is 33.2 Å². The Kier molecular flexibility index (Phi) is 7.10. The van der Waals surface area contributed by atoms with Gasteiger partial charge in [0.2, 0.25) is 10.0 Å². The lowest BCUT2D eigenvalue weighted by atomic mass is 10.2. The standard InChI is InChI=1S/C17H21N5O2S.ClH/c1-13(11-18-8-5-16-6-9-20-21-16)22-25(23,24)17-3-2-15-12-19-7-4-14(15)10-17;/h2-4,6-7,9-10,12-13,18,22H,5,8,11H2,1H3,(H,20,21);1H. The van der Waals surface area contributed by atoms with Crippen molar-refractivity contribution in [2.24, 2.45) is 0 Å². The largest absolute Gasteiger partial charge is 0.315 e. The average Bonchev–Trinajstić information content (AvgIpc) is 3.11. The normalized spacial score (nSPS) is 12.7. The lowest BCUT2D eigenvalue weighted by Gasteiger charge is -2.15. The third kappa shape index (κ3) is 5.25. The van der Waals surface area contributed by atoms with E-state index in [-0.39, 0.29) is 23.3 Å². The molecule has 1 aromatic carbocycles. The minimum absolute atomic E-state index is 0. The van der Waals surface area contributed by atoms with Crippen LogP contribution in [0.5, 0.6) is 0 Å². The molecule has 0 radical (unpaired) electrons. The topological polar surface area (TPSA) is 99.8 Å². The number of aromatic nitrogens is 3. The third-order valence-corrected chi connectivity index (χ3v) is 5.45. The molecule has 0 aliphatic carbocycles. The van der Waals surface area contributed by atoms with E-state index in [1.807, 2.05) is 13.0 Å². The summed E-state index contributed by atoms with van der Waals surface area (Å²) in [5.41, 5.74) is 1.05. The van der Waals surface area contributed by atoms with Crippen molar-refractivity contribution in [2.45, 2.75) is 24.3 Å². The van der Waals surface area contributed by atoms with Crippen molar-refractivity contribution in [3.05, 3.63) is 54.6 Å². The van der Waals surface area contributed by atoms with Crippen LogP contribution in [0.2, 0.25) is 0 Å². The zero-order valence-corrected chi connectivity index (χ0v) is 16.0. The average molecular weight is 396 g/mol. The summed E-state index contributed by atoms with van der Waals surface area (Å²) in [5.74, 6) is 0. The minimum atomic E-state index is -3.56. The quantitative estimate of drug-likeness (QED) is 0.506. The highest BCUT2D eigenvalue weighted by Crippen LogP contribution is 2.18. The Morgan fingerprint density at radius 3 is 2.77 bits per heavy atom. The van der Waals surface area contributed by atoms with Gasteiger partial charge >= 0.3 is 0 Å². The van der Waals surface area contributed by atoms with E-state index in [4.69, 9.17) is 0 Å². The number of pyridine rings is 1. The molecule has 3 aromatic rings. The molecule has 2 heterocycles. The SMILES string of the molecule is CC(CNCCc1ccn[nH]1)NS(=O)(=O)c1ccc2cnccc2c1.Cl. The van der Waals surface area contributed by atoms with Crippen LogP contribution in [0.3, 0.4) is 0 Å². The van der Waals surface area contributed by atoms with Gasteiger partial charge in [-0.1, -0.05) is 6.07 Å². The van der Waals surface area contributed by atoms with Crippen LogP contribution in [-0.2, 0) is 16.4 Å². The fourth-order valence-corrected chi connectivity index (χ4v) is 3.85. The second-order valence-corrected chi connectivity index (χ2v) is 7.66. The molecule has 3 N–H and O–H groups in total. The summed E-state index contributed by atoms with van der Waals surface area (Å²) in [7, 11) is -3.56. The molecule has 7 nitrogen and oxygen atoms in total. The van der Waals surface area contributed by atoms with Crippen LogP contribution < -0.4 is 10.0 Å². The highest BCUT2D eigenvalue weighted by molar-refractivity contribution is 7.89. The fraction of sp³-hybridized carbons (Fsp3) is 0.294. The summed E-state index contributed by atoms with van der Waals surface area (Å²) < 4.78 is 27.8. The van der Waals surface area contributed by atoms with E-state index in [1.165, 1.54) is 0 Å². The first-order chi connectivity index (χ1) is 12.0. The maximum absolute atomic E-state index is 12.5. The summed E-state index contributed by atoms with van der Waals surface area (Å²) in [6.45, 7) is 3.13. The Labute approximate surface area is 159 Å². The van der Waals surface area contributed by atoms with Crippen LogP contribution in [0.4, 0.5) is 0 Å². The van der Waals surface area contributed by atoms with Gasteiger partial charge in [0.15, 0.2) is 0 Å². The molecular formula is C17H22ClN5O2S. The smallest absolute Gasteiger partial charge is 0.240 e. The number of rotatable bonds is 8. The number of nitrogens with one attached hydrogen (secondary N) is 3. The van der Waals surface area contributed by atoms with Gasteiger partial charge in [-0.25, -0.2) is 13.1 Å². The summed E-state index contributed by atoms with van der Waals surface area (Å²) in [5, 5.41) is 11.8.